The summed E-state index contributed by atoms with van der Waals surface area (Å²) < 4.78 is 13.5. The van der Waals surface area contributed by atoms with Crippen molar-refractivity contribution in [2.75, 3.05) is 37.6 Å². The zero-order valence-electron chi connectivity index (χ0n) is 18.6. The summed E-state index contributed by atoms with van der Waals surface area (Å²) in [6, 6.07) is 7.82. The van der Waals surface area contributed by atoms with Crippen molar-refractivity contribution in [2.45, 2.75) is 64.3 Å². The number of hydrogen-bond donors (Lipinski definition) is 1. The second-order valence-corrected chi connectivity index (χ2v) is 8.85. The number of halogens is 2. The largest absolute Gasteiger partial charge is 0.369 e. The lowest BCUT2D eigenvalue weighted by atomic mass is 9.84. The van der Waals surface area contributed by atoms with Gasteiger partial charge in [0.15, 0.2) is 0 Å². The fourth-order valence-corrected chi connectivity index (χ4v) is 4.64. The maximum Gasteiger partial charge on any atom is 0.220 e. The number of amides is 1. The van der Waals surface area contributed by atoms with E-state index in [1.165, 1.54) is 19.3 Å². The van der Waals surface area contributed by atoms with Gasteiger partial charge in [-0.15, -0.1) is 12.4 Å². The molecular weight excluding hydrogens is 415 g/mol. The second kappa shape index (κ2) is 12.9. The molecule has 0 aromatic heterocycles. The summed E-state index contributed by atoms with van der Waals surface area (Å²) in [6.07, 6.45) is 7.35. The van der Waals surface area contributed by atoms with Gasteiger partial charge in [-0.25, -0.2) is 4.39 Å². The molecule has 1 N–H and O–H groups in total. The molecule has 5 nitrogen and oxygen atoms in total. The van der Waals surface area contributed by atoms with Gasteiger partial charge in [0, 0.05) is 50.7 Å². The third kappa shape index (κ3) is 7.97. The molecule has 1 aromatic carbocycles. The van der Waals surface area contributed by atoms with Crippen LogP contribution in [0.1, 0.15) is 56.9 Å². The van der Waals surface area contributed by atoms with E-state index in [-0.39, 0.29) is 24.1 Å². The minimum atomic E-state index is -0.134. The number of nitriles is 1. The van der Waals surface area contributed by atoms with Crippen LogP contribution in [0.3, 0.4) is 0 Å². The van der Waals surface area contributed by atoms with Crippen LogP contribution in [-0.2, 0) is 4.79 Å². The first-order chi connectivity index (χ1) is 14.5. The molecule has 1 heterocycles. The maximum atomic E-state index is 13.5. The van der Waals surface area contributed by atoms with E-state index in [2.05, 4.69) is 21.2 Å². The summed E-state index contributed by atoms with van der Waals surface area (Å²) in [4.78, 5) is 16.8. The molecule has 2 aliphatic rings. The maximum absolute atomic E-state index is 13.5. The molecule has 31 heavy (non-hydrogen) atoms. The molecule has 0 atom stereocenters. The number of rotatable bonds is 8. The van der Waals surface area contributed by atoms with Crippen LogP contribution < -0.4 is 10.2 Å². The molecule has 3 rings (SSSR count). The Morgan fingerprint density at radius 2 is 1.90 bits per heavy atom. The smallest absolute Gasteiger partial charge is 0.220 e. The van der Waals surface area contributed by atoms with Gasteiger partial charge in [-0.05, 0) is 81.7 Å². The van der Waals surface area contributed by atoms with Crippen LogP contribution >= 0.6 is 12.4 Å². The first-order valence-electron chi connectivity index (χ1n) is 11.4. The van der Waals surface area contributed by atoms with Crippen molar-refractivity contribution in [3.05, 3.63) is 29.6 Å². The molecule has 0 unspecified atom stereocenters. The van der Waals surface area contributed by atoms with Crippen molar-refractivity contribution in [1.29, 1.82) is 5.26 Å². The minimum absolute atomic E-state index is 0. The number of nitrogens with zero attached hydrogens (tertiary/aromatic N) is 3. The van der Waals surface area contributed by atoms with Crippen LogP contribution in [0.4, 0.5) is 10.1 Å². The number of nitrogens with one attached hydrogen (secondary N) is 1. The summed E-state index contributed by atoms with van der Waals surface area (Å²) in [5.74, 6) is 0.725. The second-order valence-electron chi connectivity index (χ2n) is 8.85. The van der Waals surface area contributed by atoms with E-state index in [1.54, 1.807) is 6.07 Å². The topological polar surface area (TPSA) is 59.4 Å². The lowest BCUT2D eigenvalue weighted by Crippen LogP contribution is -2.47. The molecule has 1 saturated carbocycles. The van der Waals surface area contributed by atoms with Crippen LogP contribution in [0.2, 0.25) is 0 Å². The lowest BCUT2D eigenvalue weighted by Gasteiger charge is -2.37. The summed E-state index contributed by atoms with van der Waals surface area (Å²) in [5.41, 5.74) is 1.84. The molecule has 0 bridgehead atoms. The number of anilines is 1. The molecule has 172 valence electrons. The van der Waals surface area contributed by atoms with Crippen LogP contribution in [0.5, 0.6) is 0 Å². The van der Waals surface area contributed by atoms with E-state index in [9.17, 15) is 9.18 Å². The standard InChI is InChI=1S/C24H35FN4O.ClH/c1-19-18-22(9-10-23(19)25)29-16-14-28(15-17-29)13-11-20-5-7-21(8-6-20)27-24(30)4-2-3-12-26;/h9-10,18,20-21H,2-8,11,13-17H2,1H3,(H,27,30);1H. The Kier molecular flexibility index (Phi) is 10.6. The molecule has 0 radical (unpaired) electrons. The van der Waals surface area contributed by atoms with Crippen LogP contribution in [0.15, 0.2) is 18.2 Å². The number of benzene rings is 1. The average Bonchev–Trinajstić information content (AvgIpc) is 2.76. The summed E-state index contributed by atoms with van der Waals surface area (Å²) in [7, 11) is 0. The molecule has 0 spiro atoms. The van der Waals surface area contributed by atoms with Crippen molar-refractivity contribution in [3.63, 3.8) is 0 Å². The molecule has 1 aliphatic heterocycles. The number of aryl methyl sites for hydroxylation is 1. The zero-order valence-corrected chi connectivity index (χ0v) is 19.4. The number of carbonyl (C=O) groups excluding carboxylic acids is 1. The molecule has 1 saturated heterocycles. The van der Waals surface area contributed by atoms with Crippen molar-refractivity contribution in [3.8, 4) is 6.07 Å². The fraction of sp³-hybridized carbons (Fsp3) is 0.667. The SMILES string of the molecule is Cc1cc(N2CCN(CCC3CCC(NC(=O)CCCC#N)CC3)CC2)ccc1F.Cl. The van der Waals surface area contributed by atoms with Gasteiger partial charge in [-0.2, -0.15) is 5.26 Å². The third-order valence-electron chi connectivity index (χ3n) is 6.64. The molecule has 1 aromatic rings. The van der Waals surface area contributed by atoms with Crippen molar-refractivity contribution < 1.29 is 9.18 Å². The van der Waals surface area contributed by atoms with E-state index in [1.807, 2.05) is 19.1 Å². The zero-order chi connectivity index (χ0) is 21.3. The Morgan fingerprint density at radius 3 is 2.55 bits per heavy atom. The van der Waals surface area contributed by atoms with Gasteiger partial charge < -0.3 is 10.2 Å². The monoisotopic (exact) mass is 450 g/mol. The molecule has 2 fully saturated rings. The van der Waals surface area contributed by atoms with Gasteiger partial charge in [0.2, 0.25) is 5.91 Å². The predicted octanol–water partition coefficient (Wildman–Crippen LogP) is 4.44. The van der Waals surface area contributed by atoms with Crippen LogP contribution in [-0.4, -0.2) is 49.6 Å². The fourth-order valence-electron chi connectivity index (χ4n) is 4.64. The third-order valence-corrected chi connectivity index (χ3v) is 6.64. The highest BCUT2D eigenvalue weighted by Gasteiger charge is 2.24. The Labute approximate surface area is 192 Å². The number of hydrogen-bond acceptors (Lipinski definition) is 4. The van der Waals surface area contributed by atoms with E-state index in [0.29, 0.717) is 30.9 Å². The normalized spacial score (nSPS) is 21.8. The average molecular weight is 451 g/mol. The van der Waals surface area contributed by atoms with Gasteiger partial charge in [-0.3, -0.25) is 9.69 Å². The summed E-state index contributed by atoms with van der Waals surface area (Å²) in [6.45, 7) is 7.08. The summed E-state index contributed by atoms with van der Waals surface area (Å²) >= 11 is 0. The van der Waals surface area contributed by atoms with Crippen LogP contribution in [0, 0.1) is 30.0 Å². The van der Waals surface area contributed by atoms with Crippen molar-refractivity contribution >= 4 is 24.0 Å². The Balaban J connectivity index is 0.00000341. The van der Waals surface area contributed by atoms with Crippen molar-refractivity contribution in [1.82, 2.24) is 10.2 Å². The van der Waals surface area contributed by atoms with Crippen LogP contribution in [0.25, 0.3) is 0 Å². The highest BCUT2D eigenvalue weighted by atomic mass is 35.5. The van der Waals surface area contributed by atoms with E-state index < -0.39 is 0 Å². The highest BCUT2D eigenvalue weighted by molar-refractivity contribution is 5.85. The van der Waals surface area contributed by atoms with Gasteiger partial charge in [0.05, 0.1) is 6.07 Å². The quantitative estimate of drug-likeness (QED) is 0.595. The van der Waals surface area contributed by atoms with Gasteiger partial charge in [0.25, 0.3) is 0 Å². The molecular formula is C24H36ClFN4O. The first-order valence-corrected chi connectivity index (χ1v) is 11.4. The van der Waals surface area contributed by atoms with Gasteiger partial charge in [0.1, 0.15) is 5.82 Å². The highest BCUT2D eigenvalue weighted by Crippen LogP contribution is 2.27. The van der Waals surface area contributed by atoms with E-state index in [0.717, 1.165) is 57.2 Å². The number of unbranched alkanes of at least 4 members (excludes halogenated alkanes) is 1. The Bertz CT molecular complexity index is 738. The minimum Gasteiger partial charge on any atom is -0.369 e. The van der Waals surface area contributed by atoms with E-state index >= 15 is 0 Å². The van der Waals surface area contributed by atoms with Crippen molar-refractivity contribution in [2.24, 2.45) is 5.92 Å². The van der Waals surface area contributed by atoms with Gasteiger partial charge in [-0.1, -0.05) is 0 Å². The lowest BCUT2D eigenvalue weighted by molar-refractivity contribution is -0.122. The first kappa shape index (κ1) is 25.4. The van der Waals surface area contributed by atoms with E-state index in [4.69, 9.17) is 5.26 Å². The van der Waals surface area contributed by atoms with Gasteiger partial charge >= 0.3 is 0 Å². The predicted molar refractivity (Wildman–Crippen MR) is 125 cm³/mol. The molecule has 7 heteroatoms. The number of piperazine rings is 1. The molecule has 1 amide bonds. The summed E-state index contributed by atoms with van der Waals surface area (Å²) in [5, 5.41) is 11.7. The molecule has 1 aliphatic carbocycles. The number of carbonyl (C=O) groups is 1. The Hall–Kier alpha value is -1.84. The Morgan fingerprint density at radius 1 is 1.19 bits per heavy atom.